The fourth-order valence-corrected chi connectivity index (χ4v) is 1.92. The molecule has 1 heterocycles. The highest BCUT2D eigenvalue weighted by Crippen LogP contribution is 2.25. The molecule has 18 heavy (non-hydrogen) atoms. The molecule has 1 aliphatic rings. The number of carbonyl (C=O) groups is 1. The van der Waals surface area contributed by atoms with Crippen molar-refractivity contribution >= 4 is 17.5 Å². The van der Waals surface area contributed by atoms with Gasteiger partial charge < -0.3 is 20.5 Å². The van der Waals surface area contributed by atoms with Crippen LogP contribution in [0.25, 0.3) is 0 Å². The molecule has 0 saturated carbocycles. The first kappa shape index (κ1) is 13.1. The van der Waals surface area contributed by atoms with Gasteiger partial charge in [0.1, 0.15) is 18.5 Å². The van der Waals surface area contributed by atoms with E-state index in [1.165, 1.54) is 6.07 Å². The first-order valence-electron chi connectivity index (χ1n) is 5.71. The summed E-state index contributed by atoms with van der Waals surface area (Å²) in [5, 5.41) is 3.58. The fourth-order valence-electron chi connectivity index (χ4n) is 1.68. The van der Waals surface area contributed by atoms with Gasteiger partial charge in [-0.1, -0.05) is 11.6 Å². The van der Waals surface area contributed by atoms with Crippen LogP contribution in [0.5, 0.6) is 5.75 Å². The van der Waals surface area contributed by atoms with Crippen molar-refractivity contribution in [1.82, 2.24) is 5.32 Å². The van der Waals surface area contributed by atoms with Crippen molar-refractivity contribution in [1.29, 1.82) is 0 Å². The summed E-state index contributed by atoms with van der Waals surface area (Å²) in [4.78, 5) is 11.0. The molecule has 98 valence electrons. The number of amides is 1. The maximum absolute atomic E-state index is 11.0. The lowest BCUT2D eigenvalue weighted by Crippen LogP contribution is -2.41. The second-order valence-corrected chi connectivity index (χ2v) is 4.42. The summed E-state index contributed by atoms with van der Waals surface area (Å²) in [6.07, 6.45) is 0.0191. The van der Waals surface area contributed by atoms with Gasteiger partial charge in [0.2, 0.25) is 5.91 Å². The predicted molar refractivity (Wildman–Crippen MR) is 68.1 cm³/mol. The van der Waals surface area contributed by atoms with Gasteiger partial charge in [0, 0.05) is 18.7 Å². The van der Waals surface area contributed by atoms with Crippen LogP contribution in [0.15, 0.2) is 18.2 Å². The molecule has 0 aromatic heterocycles. The molecule has 6 heteroatoms. The third-order valence-corrected chi connectivity index (χ3v) is 2.94. The van der Waals surface area contributed by atoms with Gasteiger partial charge in [0.25, 0.3) is 0 Å². The first-order chi connectivity index (χ1) is 8.66. The molecule has 0 spiro atoms. The summed E-state index contributed by atoms with van der Waals surface area (Å²) < 4.78 is 11.1. The largest absolute Gasteiger partial charge is 0.489 e. The smallest absolute Gasteiger partial charge is 0.248 e. The SMILES string of the molecule is NC(=O)c1ccc(OCC2CNCCO2)c(Cl)c1. The molecule has 1 aromatic carbocycles. The van der Waals surface area contributed by atoms with Gasteiger partial charge in [0.05, 0.1) is 11.6 Å². The molecule has 0 radical (unpaired) electrons. The van der Waals surface area contributed by atoms with Crippen molar-refractivity contribution in [3.63, 3.8) is 0 Å². The van der Waals surface area contributed by atoms with E-state index in [9.17, 15) is 4.79 Å². The summed E-state index contributed by atoms with van der Waals surface area (Å²) >= 11 is 6.00. The molecule has 1 aromatic rings. The topological polar surface area (TPSA) is 73.6 Å². The van der Waals surface area contributed by atoms with Crippen molar-refractivity contribution in [2.45, 2.75) is 6.10 Å². The van der Waals surface area contributed by atoms with Crippen molar-refractivity contribution in [2.24, 2.45) is 5.73 Å². The molecule has 1 unspecified atom stereocenters. The molecular formula is C12H15ClN2O3. The Bertz CT molecular complexity index is 433. The zero-order valence-electron chi connectivity index (χ0n) is 9.82. The highest BCUT2D eigenvalue weighted by molar-refractivity contribution is 6.32. The molecule has 5 nitrogen and oxygen atoms in total. The fraction of sp³-hybridized carbons (Fsp3) is 0.417. The summed E-state index contributed by atoms with van der Waals surface area (Å²) in [5.74, 6) is 0.0131. The number of hydrogen-bond donors (Lipinski definition) is 2. The van der Waals surface area contributed by atoms with Crippen LogP contribution in [0.3, 0.4) is 0 Å². The van der Waals surface area contributed by atoms with Gasteiger partial charge in [-0.25, -0.2) is 0 Å². The molecule has 1 fully saturated rings. The lowest BCUT2D eigenvalue weighted by Gasteiger charge is -2.23. The molecule has 2 rings (SSSR count). The molecule has 1 amide bonds. The van der Waals surface area contributed by atoms with E-state index in [0.717, 1.165) is 13.1 Å². The summed E-state index contributed by atoms with van der Waals surface area (Å²) in [5.41, 5.74) is 5.52. The highest BCUT2D eigenvalue weighted by Gasteiger charge is 2.15. The second kappa shape index (κ2) is 6.04. The van der Waals surface area contributed by atoms with E-state index in [1.54, 1.807) is 12.1 Å². The van der Waals surface area contributed by atoms with Crippen LogP contribution in [0.1, 0.15) is 10.4 Å². The number of benzene rings is 1. The van der Waals surface area contributed by atoms with Gasteiger partial charge in [0.15, 0.2) is 0 Å². The average molecular weight is 271 g/mol. The van der Waals surface area contributed by atoms with Crippen LogP contribution in [0.4, 0.5) is 0 Å². The number of rotatable bonds is 4. The minimum atomic E-state index is -0.511. The number of hydrogen-bond acceptors (Lipinski definition) is 4. The molecule has 1 atom stereocenters. The van der Waals surface area contributed by atoms with Crippen LogP contribution >= 0.6 is 11.6 Å². The number of carbonyl (C=O) groups excluding carboxylic acids is 1. The highest BCUT2D eigenvalue weighted by atomic mass is 35.5. The number of nitrogens with one attached hydrogen (secondary N) is 1. The molecule has 3 N–H and O–H groups in total. The lowest BCUT2D eigenvalue weighted by molar-refractivity contribution is 0.000214. The zero-order chi connectivity index (χ0) is 13.0. The molecular weight excluding hydrogens is 256 g/mol. The number of ether oxygens (including phenoxy) is 2. The van der Waals surface area contributed by atoms with Gasteiger partial charge in [-0.2, -0.15) is 0 Å². The van der Waals surface area contributed by atoms with E-state index in [2.05, 4.69) is 5.32 Å². The zero-order valence-corrected chi connectivity index (χ0v) is 10.6. The molecule has 0 aliphatic carbocycles. The van der Waals surface area contributed by atoms with Crippen molar-refractivity contribution in [3.05, 3.63) is 28.8 Å². The summed E-state index contributed by atoms with van der Waals surface area (Å²) in [6, 6.07) is 4.72. The Morgan fingerprint density at radius 3 is 3.06 bits per heavy atom. The third-order valence-electron chi connectivity index (χ3n) is 2.65. The van der Waals surface area contributed by atoms with Crippen molar-refractivity contribution in [3.8, 4) is 5.75 Å². The Morgan fingerprint density at radius 1 is 1.61 bits per heavy atom. The van der Waals surface area contributed by atoms with E-state index < -0.39 is 5.91 Å². The van der Waals surface area contributed by atoms with Crippen molar-refractivity contribution < 1.29 is 14.3 Å². The van der Waals surface area contributed by atoms with Crippen LogP contribution < -0.4 is 15.8 Å². The van der Waals surface area contributed by atoms with E-state index in [0.29, 0.717) is 29.5 Å². The Kier molecular flexibility index (Phi) is 4.41. The lowest BCUT2D eigenvalue weighted by atomic mass is 10.2. The Morgan fingerprint density at radius 2 is 2.44 bits per heavy atom. The van der Waals surface area contributed by atoms with Gasteiger partial charge in [-0.05, 0) is 18.2 Å². The number of nitrogens with two attached hydrogens (primary N) is 1. The average Bonchev–Trinajstić information content (AvgIpc) is 2.38. The van der Waals surface area contributed by atoms with E-state index >= 15 is 0 Å². The van der Waals surface area contributed by atoms with Crippen LogP contribution in [0, 0.1) is 0 Å². The maximum Gasteiger partial charge on any atom is 0.248 e. The van der Waals surface area contributed by atoms with Gasteiger partial charge >= 0.3 is 0 Å². The van der Waals surface area contributed by atoms with E-state index in [4.69, 9.17) is 26.8 Å². The number of halogens is 1. The minimum absolute atomic E-state index is 0.0191. The Hall–Kier alpha value is -1.30. The van der Waals surface area contributed by atoms with Crippen LogP contribution in [0.2, 0.25) is 5.02 Å². The van der Waals surface area contributed by atoms with E-state index in [1.807, 2.05) is 0 Å². The minimum Gasteiger partial charge on any atom is -0.489 e. The molecule has 1 aliphatic heterocycles. The van der Waals surface area contributed by atoms with Gasteiger partial charge in [-0.3, -0.25) is 4.79 Å². The first-order valence-corrected chi connectivity index (χ1v) is 6.09. The Labute approximate surface area is 110 Å². The number of morpholine rings is 1. The monoisotopic (exact) mass is 270 g/mol. The molecule has 1 saturated heterocycles. The summed E-state index contributed by atoms with van der Waals surface area (Å²) in [7, 11) is 0. The van der Waals surface area contributed by atoms with Crippen LogP contribution in [-0.4, -0.2) is 38.3 Å². The third kappa shape index (κ3) is 3.35. The molecule has 0 bridgehead atoms. The van der Waals surface area contributed by atoms with Crippen LogP contribution in [-0.2, 0) is 4.74 Å². The predicted octanol–water partition coefficient (Wildman–Crippen LogP) is 0.806. The van der Waals surface area contributed by atoms with E-state index in [-0.39, 0.29) is 6.10 Å². The number of primary amides is 1. The standard InChI is InChI=1S/C12H15ClN2O3/c13-10-5-8(12(14)16)1-2-11(10)18-7-9-6-15-3-4-17-9/h1-2,5,9,15H,3-4,6-7H2,(H2,14,16). The second-order valence-electron chi connectivity index (χ2n) is 4.02. The quantitative estimate of drug-likeness (QED) is 0.849. The summed E-state index contributed by atoms with van der Waals surface area (Å²) in [6.45, 7) is 2.73. The van der Waals surface area contributed by atoms with Crippen molar-refractivity contribution in [2.75, 3.05) is 26.3 Å². The Balaban J connectivity index is 1.94. The maximum atomic E-state index is 11.0. The van der Waals surface area contributed by atoms with Gasteiger partial charge in [-0.15, -0.1) is 0 Å². The normalized spacial score (nSPS) is 19.5.